The third-order valence-electron chi connectivity index (χ3n) is 4.37. The van der Waals surface area contributed by atoms with E-state index in [1.165, 1.54) is 12.5 Å². The Hall–Kier alpha value is -0.960. The molecule has 0 aromatic heterocycles. The van der Waals surface area contributed by atoms with Crippen molar-refractivity contribution >= 4 is 0 Å². The van der Waals surface area contributed by atoms with Crippen LogP contribution in [0, 0.1) is 12.7 Å². The Labute approximate surface area is 107 Å². The Morgan fingerprint density at radius 1 is 1.22 bits per heavy atom. The SMILES string of the molecule is Cc1cc(C2(CN)CCCCC2)cc(F)c1CF. The van der Waals surface area contributed by atoms with Gasteiger partial charge in [0.25, 0.3) is 0 Å². The molecule has 0 radical (unpaired) electrons. The lowest BCUT2D eigenvalue weighted by atomic mass is 9.69. The van der Waals surface area contributed by atoms with Crippen LogP contribution in [-0.2, 0) is 12.1 Å². The maximum Gasteiger partial charge on any atom is 0.129 e. The molecule has 1 aliphatic carbocycles. The van der Waals surface area contributed by atoms with Crippen LogP contribution in [-0.4, -0.2) is 6.54 Å². The fourth-order valence-corrected chi connectivity index (χ4v) is 3.09. The molecule has 1 fully saturated rings. The van der Waals surface area contributed by atoms with E-state index >= 15 is 0 Å². The van der Waals surface area contributed by atoms with Crippen LogP contribution in [0.3, 0.4) is 0 Å². The van der Waals surface area contributed by atoms with Gasteiger partial charge >= 0.3 is 0 Å². The molecule has 0 aliphatic heterocycles. The summed E-state index contributed by atoms with van der Waals surface area (Å²) in [6, 6.07) is 3.43. The molecule has 0 unspecified atom stereocenters. The first kappa shape index (κ1) is 13.5. The zero-order valence-electron chi connectivity index (χ0n) is 10.9. The van der Waals surface area contributed by atoms with E-state index in [9.17, 15) is 8.78 Å². The molecule has 1 nitrogen and oxygen atoms in total. The largest absolute Gasteiger partial charge is 0.330 e. The van der Waals surface area contributed by atoms with Crippen molar-refractivity contribution in [3.05, 3.63) is 34.6 Å². The van der Waals surface area contributed by atoms with E-state index in [-0.39, 0.29) is 11.0 Å². The van der Waals surface area contributed by atoms with E-state index in [0.717, 1.165) is 31.2 Å². The van der Waals surface area contributed by atoms with Gasteiger partial charge < -0.3 is 5.73 Å². The monoisotopic (exact) mass is 253 g/mol. The van der Waals surface area contributed by atoms with Gasteiger partial charge in [0.2, 0.25) is 0 Å². The third kappa shape index (κ3) is 2.28. The van der Waals surface area contributed by atoms with Crippen molar-refractivity contribution in [1.82, 2.24) is 0 Å². The first-order chi connectivity index (χ1) is 8.63. The second-order valence-electron chi connectivity index (χ2n) is 5.43. The first-order valence-corrected chi connectivity index (χ1v) is 6.68. The summed E-state index contributed by atoms with van der Waals surface area (Å²) in [4.78, 5) is 0. The zero-order chi connectivity index (χ0) is 13.2. The number of hydrogen-bond acceptors (Lipinski definition) is 1. The number of rotatable bonds is 3. The Morgan fingerprint density at radius 3 is 2.39 bits per heavy atom. The Balaban J connectivity index is 2.43. The molecule has 2 rings (SSSR count). The number of hydrogen-bond donors (Lipinski definition) is 1. The highest BCUT2D eigenvalue weighted by molar-refractivity contribution is 5.37. The molecule has 0 spiro atoms. The van der Waals surface area contributed by atoms with Gasteiger partial charge in [0.05, 0.1) is 0 Å². The fraction of sp³-hybridized carbons (Fsp3) is 0.600. The first-order valence-electron chi connectivity index (χ1n) is 6.68. The normalized spacial score (nSPS) is 18.9. The van der Waals surface area contributed by atoms with Gasteiger partial charge in [-0.2, -0.15) is 0 Å². The van der Waals surface area contributed by atoms with Crippen LogP contribution in [0.15, 0.2) is 12.1 Å². The molecule has 1 aliphatic rings. The lowest BCUT2D eigenvalue weighted by molar-refractivity contribution is 0.299. The number of benzene rings is 1. The van der Waals surface area contributed by atoms with Crippen molar-refractivity contribution in [3.8, 4) is 0 Å². The summed E-state index contributed by atoms with van der Waals surface area (Å²) in [5.41, 5.74) is 7.68. The molecule has 1 saturated carbocycles. The molecule has 18 heavy (non-hydrogen) atoms. The summed E-state index contributed by atoms with van der Waals surface area (Å²) in [7, 11) is 0. The van der Waals surface area contributed by atoms with E-state index in [1.807, 2.05) is 6.07 Å². The average molecular weight is 253 g/mol. The summed E-state index contributed by atoms with van der Waals surface area (Å²) in [6.07, 6.45) is 5.53. The van der Waals surface area contributed by atoms with Crippen molar-refractivity contribution < 1.29 is 8.78 Å². The topological polar surface area (TPSA) is 26.0 Å². The van der Waals surface area contributed by atoms with Crippen molar-refractivity contribution in [2.24, 2.45) is 5.73 Å². The highest BCUT2D eigenvalue weighted by Crippen LogP contribution is 2.39. The molecular formula is C15H21F2N. The molecule has 0 heterocycles. The van der Waals surface area contributed by atoms with Crippen LogP contribution in [0.25, 0.3) is 0 Å². The van der Waals surface area contributed by atoms with Gasteiger partial charge in [-0.3, -0.25) is 0 Å². The fourth-order valence-electron chi connectivity index (χ4n) is 3.09. The molecular weight excluding hydrogens is 232 g/mol. The van der Waals surface area contributed by atoms with Crippen molar-refractivity contribution in [2.45, 2.75) is 51.1 Å². The van der Waals surface area contributed by atoms with Crippen LogP contribution in [0.5, 0.6) is 0 Å². The number of halogens is 2. The molecule has 0 bridgehead atoms. The third-order valence-corrected chi connectivity index (χ3v) is 4.37. The number of aryl methyl sites for hydroxylation is 1. The summed E-state index contributed by atoms with van der Waals surface area (Å²) in [5.74, 6) is -0.425. The highest BCUT2D eigenvalue weighted by Gasteiger charge is 2.33. The molecule has 0 amide bonds. The summed E-state index contributed by atoms with van der Waals surface area (Å²) in [6.45, 7) is 1.57. The van der Waals surface area contributed by atoms with Gasteiger partial charge in [-0.25, -0.2) is 8.78 Å². The summed E-state index contributed by atoms with van der Waals surface area (Å²) in [5, 5.41) is 0. The molecule has 1 aromatic rings. The minimum atomic E-state index is -0.742. The van der Waals surface area contributed by atoms with E-state index < -0.39 is 12.5 Å². The molecule has 100 valence electrons. The van der Waals surface area contributed by atoms with E-state index in [0.29, 0.717) is 12.1 Å². The quantitative estimate of drug-likeness (QED) is 0.872. The van der Waals surface area contributed by atoms with Crippen LogP contribution in [0.4, 0.5) is 8.78 Å². The van der Waals surface area contributed by atoms with Crippen molar-refractivity contribution in [2.75, 3.05) is 6.54 Å². The minimum absolute atomic E-state index is 0.0985. The van der Waals surface area contributed by atoms with E-state index in [4.69, 9.17) is 5.73 Å². The Kier molecular flexibility index (Phi) is 4.00. The highest BCUT2D eigenvalue weighted by atomic mass is 19.1. The van der Waals surface area contributed by atoms with E-state index in [1.54, 1.807) is 6.92 Å². The van der Waals surface area contributed by atoms with Gasteiger partial charge in [-0.15, -0.1) is 0 Å². The molecule has 2 N–H and O–H groups in total. The van der Waals surface area contributed by atoms with Crippen molar-refractivity contribution in [3.63, 3.8) is 0 Å². The lowest BCUT2D eigenvalue weighted by Crippen LogP contribution is -2.37. The predicted octanol–water partition coefficient (Wildman–Crippen LogP) is 3.76. The standard InChI is InChI=1S/C15H21F2N/c1-11-7-12(8-14(17)13(11)9-16)15(10-18)5-3-2-4-6-15/h7-8H,2-6,9-10,18H2,1H3. The average Bonchev–Trinajstić information content (AvgIpc) is 2.39. The second kappa shape index (κ2) is 5.35. The van der Waals surface area contributed by atoms with Gasteiger partial charge in [0, 0.05) is 17.5 Å². The van der Waals surface area contributed by atoms with Crippen LogP contribution >= 0.6 is 0 Å². The van der Waals surface area contributed by atoms with Crippen LogP contribution < -0.4 is 5.73 Å². The van der Waals surface area contributed by atoms with Gasteiger partial charge in [-0.05, 0) is 37.0 Å². The van der Waals surface area contributed by atoms with Gasteiger partial charge in [0.1, 0.15) is 12.5 Å². The molecule has 1 aromatic carbocycles. The van der Waals surface area contributed by atoms with Crippen molar-refractivity contribution in [1.29, 1.82) is 0 Å². The smallest absolute Gasteiger partial charge is 0.129 e. The minimum Gasteiger partial charge on any atom is -0.330 e. The zero-order valence-corrected chi connectivity index (χ0v) is 10.9. The van der Waals surface area contributed by atoms with Crippen LogP contribution in [0.1, 0.15) is 48.8 Å². The molecule has 0 atom stereocenters. The van der Waals surface area contributed by atoms with Gasteiger partial charge in [0.15, 0.2) is 0 Å². The molecule has 0 saturated heterocycles. The van der Waals surface area contributed by atoms with Gasteiger partial charge in [-0.1, -0.05) is 25.3 Å². The van der Waals surface area contributed by atoms with E-state index in [2.05, 4.69) is 0 Å². The second-order valence-corrected chi connectivity index (χ2v) is 5.43. The van der Waals surface area contributed by atoms with Crippen LogP contribution in [0.2, 0.25) is 0 Å². The Bertz CT molecular complexity index is 399. The molecule has 3 heteroatoms. The predicted molar refractivity (Wildman–Crippen MR) is 69.8 cm³/mol. The summed E-state index contributed by atoms with van der Waals surface area (Å²) >= 11 is 0. The number of alkyl halides is 1. The maximum absolute atomic E-state index is 13.9. The number of nitrogens with two attached hydrogens (primary N) is 1. The summed E-state index contributed by atoms with van der Waals surface area (Å²) < 4.78 is 26.6. The lowest BCUT2D eigenvalue weighted by Gasteiger charge is -2.37. The Morgan fingerprint density at radius 2 is 1.89 bits per heavy atom. The maximum atomic E-state index is 13.9.